The Balaban J connectivity index is 1.58. The van der Waals surface area contributed by atoms with E-state index in [1.807, 2.05) is 24.3 Å². The largest absolute Gasteiger partial charge is 0.497 e. The number of hydrogen-bond donors (Lipinski definition) is 0. The van der Waals surface area contributed by atoms with Gasteiger partial charge in [0, 0.05) is 19.5 Å². The van der Waals surface area contributed by atoms with E-state index in [0.717, 1.165) is 44.2 Å². The van der Waals surface area contributed by atoms with Crippen LogP contribution in [-0.4, -0.2) is 37.8 Å². The normalized spacial score (nSPS) is 19.6. The zero-order valence-corrected chi connectivity index (χ0v) is 12.3. The summed E-state index contributed by atoms with van der Waals surface area (Å²) in [5.74, 6) is 1.91. The molecular weight excluding hydrogens is 266 g/mol. The first-order valence-electron chi connectivity index (χ1n) is 7.33. The molecule has 3 rings (SSSR count). The fourth-order valence-corrected chi connectivity index (χ4v) is 2.73. The van der Waals surface area contributed by atoms with Crippen molar-refractivity contribution in [3.05, 3.63) is 54.0 Å². The minimum Gasteiger partial charge on any atom is -0.497 e. The molecule has 0 spiro atoms. The summed E-state index contributed by atoms with van der Waals surface area (Å²) in [6.07, 6.45) is 2.86. The smallest absolute Gasteiger partial charge is 0.119 e. The van der Waals surface area contributed by atoms with Crippen LogP contribution in [0.2, 0.25) is 0 Å². The third-order valence-corrected chi connectivity index (χ3v) is 3.78. The van der Waals surface area contributed by atoms with Crippen LogP contribution in [0.25, 0.3) is 0 Å². The predicted molar refractivity (Wildman–Crippen MR) is 80.4 cm³/mol. The van der Waals surface area contributed by atoms with Gasteiger partial charge in [0.1, 0.15) is 11.5 Å². The van der Waals surface area contributed by atoms with Crippen LogP contribution in [-0.2, 0) is 17.7 Å². The zero-order valence-electron chi connectivity index (χ0n) is 12.3. The van der Waals surface area contributed by atoms with Gasteiger partial charge in [-0.2, -0.15) is 0 Å². The van der Waals surface area contributed by atoms with E-state index in [1.54, 1.807) is 13.4 Å². The molecule has 21 heavy (non-hydrogen) atoms. The van der Waals surface area contributed by atoms with Crippen LogP contribution in [0.4, 0.5) is 0 Å². The molecule has 2 heterocycles. The minimum atomic E-state index is 0.223. The topological polar surface area (TPSA) is 34.8 Å². The maximum atomic E-state index is 5.89. The lowest BCUT2D eigenvalue weighted by Gasteiger charge is -2.32. The highest BCUT2D eigenvalue weighted by molar-refractivity contribution is 5.28. The molecule has 2 aromatic rings. The molecular formula is C17H21NO3. The van der Waals surface area contributed by atoms with Gasteiger partial charge in [0.25, 0.3) is 0 Å². The quantitative estimate of drug-likeness (QED) is 0.847. The number of benzene rings is 1. The van der Waals surface area contributed by atoms with E-state index >= 15 is 0 Å². The molecule has 1 aromatic heterocycles. The van der Waals surface area contributed by atoms with E-state index in [9.17, 15) is 0 Å². The van der Waals surface area contributed by atoms with Crippen LogP contribution < -0.4 is 4.74 Å². The van der Waals surface area contributed by atoms with E-state index in [1.165, 1.54) is 5.56 Å². The summed E-state index contributed by atoms with van der Waals surface area (Å²) in [7, 11) is 1.70. The molecule has 1 aromatic carbocycles. The summed E-state index contributed by atoms with van der Waals surface area (Å²) >= 11 is 0. The van der Waals surface area contributed by atoms with E-state index in [-0.39, 0.29) is 6.10 Å². The average Bonchev–Trinajstić information content (AvgIpc) is 3.01. The highest BCUT2D eigenvalue weighted by Gasteiger charge is 2.21. The van der Waals surface area contributed by atoms with Gasteiger partial charge in [0.15, 0.2) is 0 Å². The number of furan rings is 1. The average molecular weight is 287 g/mol. The Morgan fingerprint density at radius 2 is 2.24 bits per heavy atom. The van der Waals surface area contributed by atoms with Gasteiger partial charge in [-0.05, 0) is 29.8 Å². The van der Waals surface area contributed by atoms with E-state index < -0.39 is 0 Å². The maximum Gasteiger partial charge on any atom is 0.119 e. The molecule has 1 aliphatic rings. The van der Waals surface area contributed by atoms with Gasteiger partial charge >= 0.3 is 0 Å². The number of rotatable bonds is 5. The Hall–Kier alpha value is -1.78. The molecule has 4 nitrogen and oxygen atoms in total. The molecule has 0 aliphatic carbocycles. The van der Waals surface area contributed by atoms with Crippen molar-refractivity contribution in [3.8, 4) is 5.75 Å². The Labute approximate surface area is 125 Å². The van der Waals surface area contributed by atoms with Crippen LogP contribution in [0.5, 0.6) is 5.75 Å². The van der Waals surface area contributed by atoms with E-state index in [4.69, 9.17) is 13.9 Å². The number of nitrogens with zero attached hydrogens (tertiary/aromatic N) is 1. The van der Waals surface area contributed by atoms with Gasteiger partial charge in [0.2, 0.25) is 0 Å². The lowest BCUT2D eigenvalue weighted by molar-refractivity contribution is -0.0322. The second-order valence-electron chi connectivity index (χ2n) is 5.36. The van der Waals surface area contributed by atoms with Crippen molar-refractivity contribution < 1.29 is 13.9 Å². The Morgan fingerprint density at radius 3 is 3.05 bits per heavy atom. The number of hydrogen-bond acceptors (Lipinski definition) is 4. The first kappa shape index (κ1) is 14.2. The molecule has 0 amide bonds. The van der Waals surface area contributed by atoms with Gasteiger partial charge < -0.3 is 13.9 Å². The van der Waals surface area contributed by atoms with Crippen LogP contribution >= 0.6 is 0 Å². The summed E-state index contributed by atoms with van der Waals surface area (Å²) in [5, 5.41) is 0. The lowest BCUT2D eigenvalue weighted by Crippen LogP contribution is -2.42. The number of morpholine rings is 1. The minimum absolute atomic E-state index is 0.223. The monoisotopic (exact) mass is 287 g/mol. The standard InChI is InChI=1S/C17H21NO3/c1-19-15-5-2-4-14(10-15)11-17-13-18(7-9-21-17)12-16-6-3-8-20-16/h2-6,8,10,17H,7,9,11-13H2,1H3/t17-/m1/s1. The lowest BCUT2D eigenvalue weighted by atomic mass is 10.1. The molecule has 112 valence electrons. The molecule has 1 saturated heterocycles. The summed E-state index contributed by atoms with van der Waals surface area (Å²) in [6, 6.07) is 12.1. The summed E-state index contributed by atoms with van der Waals surface area (Å²) in [6.45, 7) is 3.51. The summed E-state index contributed by atoms with van der Waals surface area (Å²) < 4.78 is 16.6. The first-order valence-corrected chi connectivity index (χ1v) is 7.33. The van der Waals surface area contributed by atoms with Crippen LogP contribution in [0, 0.1) is 0 Å². The molecule has 0 unspecified atom stereocenters. The van der Waals surface area contributed by atoms with Crippen LogP contribution in [0.1, 0.15) is 11.3 Å². The Bertz CT molecular complexity index is 553. The van der Waals surface area contributed by atoms with Crippen molar-refractivity contribution in [1.29, 1.82) is 0 Å². The highest BCUT2D eigenvalue weighted by Crippen LogP contribution is 2.18. The predicted octanol–water partition coefficient (Wildman–Crippen LogP) is 2.73. The zero-order chi connectivity index (χ0) is 14.5. The fourth-order valence-electron chi connectivity index (χ4n) is 2.73. The molecule has 1 fully saturated rings. The maximum absolute atomic E-state index is 5.89. The SMILES string of the molecule is COc1cccc(C[C@@H]2CN(Cc3ccco3)CCO2)c1. The molecule has 0 radical (unpaired) electrons. The highest BCUT2D eigenvalue weighted by atomic mass is 16.5. The Kier molecular flexibility index (Phi) is 4.58. The molecule has 0 saturated carbocycles. The van der Waals surface area contributed by atoms with Crippen molar-refractivity contribution in [2.24, 2.45) is 0 Å². The number of ether oxygens (including phenoxy) is 2. The van der Waals surface area contributed by atoms with Gasteiger partial charge in [-0.15, -0.1) is 0 Å². The van der Waals surface area contributed by atoms with Gasteiger partial charge in [-0.3, -0.25) is 4.90 Å². The van der Waals surface area contributed by atoms with Crippen molar-refractivity contribution in [2.45, 2.75) is 19.1 Å². The van der Waals surface area contributed by atoms with Gasteiger partial charge in [-0.25, -0.2) is 0 Å². The first-order chi connectivity index (χ1) is 10.3. The molecule has 1 atom stereocenters. The fraction of sp³-hybridized carbons (Fsp3) is 0.412. The summed E-state index contributed by atoms with van der Waals surface area (Å²) in [5.41, 5.74) is 1.25. The van der Waals surface area contributed by atoms with Gasteiger partial charge in [-0.1, -0.05) is 12.1 Å². The second kappa shape index (κ2) is 6.78. The van der Waals surface area contributed by atoms with Gasteiger partial charge in [0.05, 0.1) is 32.6 Å². The molecule has 1 aliphatic heterocycles. The third-order valence-electron chi connectivity index (χ3n) is 3.78. The van der Waals surface area contributed by atoms with Crippen LogP contribution in [0.3, 0.4) is 0 Å². The van der Waals surface area contributed by atoms with Crippen molar-refractivity contribution in [3.63, 3.8) is 0 Å². The van der Waals surface area contributed by atoms with Crippen molar-refractivity contribution in [2.75, 3.05) is 26.8 Å². The Morgan fingerprint density at radius 1 is 1.29 bits per heavy atom. The van der Waals surface area contributed by atoms with Crippen molar-refractivity contribution >= 4 is 0 Å². The van der Waals surface area contributed by atoms with E-state index in [2.05, 4.69) is 17.0 Å². The second-order valence-corrected chi connectivity index (χ2v) is 5.36. The summed E-state index contributed by atoms with van der Waals surface area (Å²) in [4.78, 5) is 2.38. The molecule has 0 N–H and O–H groups in total. The molecule has 0 bridgehead atoms. The third kappa shape index (κ3) is 3.86. The van der Waals surface area contributed by atoms with Crippen LogP contribution in [0.15, 0.2) is 47.1 Å². The molecule has 4 heteroatoms. The number of methoxy groups -OCH3 is 1. The van der Waals surface area contributed by atoms with E-state index in [0.29, 0.717) is 0 Å². The van der Waals surface area contributed by atoms with Crippen molar-refractivity contribution in [1.82, 2.24) is 4.90 Å².